The van der Waals surface area contributed by atoms with Gasteiger partial charge < -0.3 is 10.5 Å². The maximum atomic E-state index is 6.04. The van der Waals surface area contributed by atoms with Crippen LogP contribution in [0.1, 0.15) is 16.8 Å². The smallest absolute Gasteiger partial charge is 0.221 e. The first-order valence-corrected chi connectivity index (χ1v) is 6.98. The van der Waals surface area contributed by atoms with E-state index in [9.17, 15) is 0 Å². The maximum Gasteiger partial charge on any atom is 0.221 e. The fraction of sp³-hybridized carbons (Fsp3) is 0.357. The highest BCUT2D eigenvalue weighted by Gasteiger charge is 2.15. The Morgan fingerprint density at radius 3 is 2.79 bits per heavy atom. The summed E-state index contributed by atoms with van der Waals surface area (Å²) in [5.74, 6) is 1.60. The van der Waals surface area contributed by atoms with Crippen LogP contribution in [0, 0.1) is 13.8 Å². The van der Waals surface area contributed by atoms with Crippen molar-refractivity contribution < 1.29 is 4.74 Å². The van der Waals surface area contributed by atoms with Crippen LogP contribution in [-0.4, -0.2) is 16.3 Å². The maximum absolute atomic E-state index is 6.04. The Hall–Kier alpha value is -1.33. The number of benzene rings is 1. The first-order chi connectivity index (χ1) is 9.02. The highest BCUT2D eigenvalue weighted by atomic mass is 79.9. The van der Waals surface area contributed by atoms with Crippen LogP contribution in [0.5, 0.6) is 11.6 Å². The van der Waals surface area contributed by atoms with Crippen molar-refractivity contribution in [3.05, 3.63) is 39.5 Å². The Labute approximate surface area is 121 Å². The molecule has 19 heavy (non-hydrogen) atoms. The quantitative estimate of drug-likeness (QED) is 0.940. The SMILES string of the molecule is Cc1ccc(Br)cc1Oc1c(CCN)c(C)nn1C. The van der Waals surface area contributed by atoms with Crippen LogP contribution in [-0.2, 0) is 13.5 Å². The minimum atomic E-state index is 0.584. The van der Waals surface area contributed by atoms with Gasteiger partial charge in [-0.15, -0.1) is 0 Å². The number of rotatable bonds is 4. The number of nitrogens with two attached hydrogens (primary N) is 1. The number of nitrogens with zero attached hydrogens (tertiary/aromatic N) is 2. The molecule has 0 saturated heterocycles. The molecule has 0 fully saturated rings. The molecule has 0 aliphatic rings. The summed E-state index contributed by atoms with van der Waals surface area (Å²) in [6, 6.07) is 5.98. The topological polar surface area (TPSA) is 53.1 Å². The molecule has 1 aromatic carbocycles. The molecule has 2 rings (SSSR count). The Kier molecular flexibility index (Phi) is 4.27. The standard InChI is InChI=1S/C14H18BrN3O/c1-9-4-5-11(15)8-13(9)19-14-12(6-7-16)10(2)17-18(14)3/h4-5,8H,6-7,16H2,1-3H3. The molecule has 0 aliphatic heterocycles. The fourth-order valence-electron chi connectivity index (χ4n) is 2.03. The third kappa shape index (κ3) is 2.98. The molecule has 0 spiro atoms. The number of halogens is 1. The molecule has 1 aromatic heterocycles. The molecule has 2 N–H and O–H groups in total. The van der Waals surface area contributed by atoms with Gasteiger partial charge in [-0.25, -0.2) is 4.68 Å². The highest BCUT2D eigenvalue weighted by Crippen LogP contribution is 2.31. The minimum Gasteiger partial charge on any atom is -0.439 e. The molecule has 0 saturated carbocycles. The van der Waals surface area contributed by atoms with E-state index in [1.165, 1.54) is 0 Å². The highest BCUT2D eigenvalue weighted by molar-refractivity contribution is 9.10. The van der Waals surface area contributed by atoms with Gasteiger partial charge in [0.25, 0.3) is 0 Å². The van der Waals surface area contributed by atoms with Crippen molar-refractivity contribution in [1.82, 2.24) is 9.78 Å². The van der Waals surface area contributed by atoms with Gasteiger partial charge in [0, 0.05) is 17.1 Å². The lowest BCUT2D eigenvalue weighted by Gasteiger charge is -2.11. The first-order valence-electron chi connectivity index (χ1n) is 6.19. The molecule has 1 heterocycles. The van der Waals surface area contributed by atoms with Gasteiger partial charge in [0.2, 0.25) is 5.88 Å². The molecule has 0 aliphatic carbocycles. The zero-order valence-electron chi connectivity index (χ0n) is 11.4. The Morgan fingerprint density at radius 2 is 2.11 bits per heavy atom. The van der Waals surface area contributed by atoms with E-state index in [-0.39, 0.29) is 0 Å². The summed E-state index contributed by atoms with van der Waals surface area (Å²) < 4.78 is 8.80. The summed E-state index contributed by atoms with van der Waals surface area (Å²) in [7, 11) is 1.88. The fourth-order valence-corrected chi connectivity index (χ4v) is 2.37. The monoisotopic (exact) mass is 323 g/mol. The Balaban J connectivity index is 2.40. The molecule has 0 radical (unpaired) electrons. The van der Waals surface area contributed by atoms with Crippen molar-refractivity contribution in [2.24, 2.45) is 12.8 Å². The van der Waals surface area contributed by atoms with E-state index in [0.29, 0.717) is 6.54 Å². The van der Waals surface area contributed by atoms with Crippen molar-refractivity contribution in [3.8, 4) is 11.6 Å². The van der Waals surface area contributed by atoms with Crippen molar-refractivity contribution in [3.63, 3.8) is 0 Å². The van der Waals surface area contributed by atoms with Crippen molar-refractivity contribution in [1.29, 1.82) is 0 Å². The van der Waals surface area contributed by atoms with Crippen LogP contribution in [0.15, 0.2) is 22.7 Å². The molecular weight excluding hydrogens is 306 g/mol. The molecule has 0 bridgehead atoms. The average molecular weight is 324 g/mol. The van der Waals surface area contributed by atoms with Gasteiger partial charge in [0.1, 0.15) is 5.75 Å². The molecule has 0 unspecified atom stereocenters. The van der Waals surface area contributed by atoms with Crippen LogP contribution >= 0.6 is 15.9 Å². The molecule has 0 amide bonds. The second kappa shape index (κ2) is 5.75. The van der Waals surface area contributed by atoms with Gasteiger partial charge in [-0.1, -0.05) is 22.0 Å². The van der Waals surface area contributed by atoms with Gasteiger partial charge in [-0.05, 0) is 44.5 Å². The molecule has 2 aromatic rings. The zero-order valence-corrected chi connectivity index (χ0v) is 13.0. The second-order valence-electron chi connectivity index (χ2n) is 4.54. The summed E-state index contributed by atoms with van der Waals surface area (Å²) in [6.45, 7) is 4.58. The third-order valence-corrected chi connectivity index (χ3v) is 3.53. The zero-order chi connectivity index (χ0) is 14.0. The predicted octanol–water partition coefficient (Wildman–Crippen LogP) is 3.09. The van der Waals surface area contributed by atoms with Crippen molar-refractivity contribution >= 4 is 15.9 Å². The van der Waals surface area contributed by atoms with E-state index in [4.69, 9.17) is 10.5 Å². The van der Waals surface area contributed by atoms with E-state index in [1.807, 2.05) is 39.1 Å². The third-order valence-electron chi connectivity index (χ3n) is 3.04. The van der Waals surface area contributed by atoms with E-state index in [2.05, 4.69) is 21.0 Å². The number of hydrogen-bond donors (Lipinski definition) is 1. The molecule has 4 nitrogen and oxygen atoms in total. The summed E-state index contributed by atoms with van der Waals surface area (Å²) in [5, 5.41) is 4.40. The predicted molar refractivity (Wildman–Crippen MR) is 79.7 cm³/mol. The number of hydrogen-bond acceptors (Lipinski definition) is 3. The minimum absolute atomic E-state index is 0.584. The number of aromatic nitrogens is 2. The Morgan fingerprint density at radius 1 is 1.37 bits per heavy atom. The van der Waals surface area contributed by atoms with Crippen LogP contribution in [0.3, 0.4) is 0 Å². The number of aryl methyl sites for hydroxylation is 3. The average Bonchev–Trinajstić information content (AvgIpc) is 2.61. The van der Waals surface area contributed by atoms with Gasteiger partial charge in [-0.3, -0.25) is 0 Å². The summed E-state index contributed by atoms with van der Waals surface area (Å²) in [4.78, 5) is 0. The van der Waals surface area contributed by atoms with E-state index in [0.717, 1.165) is 39.3 Å². The summed E-state index contributed by atoms with van der Waals surface area (Å²) in [6.07, 6.45) is 0.766. The van der Waals surface area contributed by atoms with Crippen LogP contribution < -0.4 is 10.5 Å². The lowest BCUT2D eigenvalue weighted by Crippen LogP contribution is -2.05. The van der Waals surface area contributed by atoms with Crippen LogP contribution in [0.2, 0.25) is 0 Å². The lowest BCUT2D eigenvalue weighted by atomic mass is 10.2. The normalized spacial score (nSPS) is 10.8. The first kappa shape index (κ1) is 14.1. The van der Waals surface area contributed by atoms with Crippen LogP contribution in [0.25, 0.3) is 0 Å². The molecular formula is C14H18BrN3O. The molecule has 5 heteroatoms. The number of ether oxygens (including phenoxy) is 1. The van der Waals surface area contributed by atoms with Crippen molar-refractivity contribution in [2.45, 2.75) is 20.3 Å². The summed E-state index contributed by atoms with van der Waals surface area (Å²) in [5.41, 5.74) is 8.78. The van der Waals surface area contributed by atoms with Gasteiger partial charge in [0.15, 0.2) is 0 Å². The van der Waals surface area contributed by atoms with E-state index < -0.39 is 0 Å². The molecule has 0 atom stereocenters. The molecule has 102 valence electrons. The largest absolute Gasteiger partial charge is 0.439 e. The lowest BCUT2D eigenvalue weighted by molar-refractivity contribution is 0.423. The van der Waals surface area contributed by atoms with Crippen molar-refractivity contribution in [2.75, 3.05) is 6.54 Å². The second-order valence-corrected chi connectivity index (χ2v) is 5.46. The van der Waals surface area contributed by atoms with Crippen LogP contribution in [0.4, 0.5) is 0 Å². The Bertz CT molecular complexity index is 593. The van der Waals surface area contributed by atoms with E-state index in [1.54, 1.807) is 4.68 Å². The van der Waals surface area contributed by atoms with Gasteiger partial charge in [-0.2, -0.15) is 5.10 Å². The van der Waals surface area contributed by atoms with Gasteiger partial charge in [0.05, 0.1) is 5.69 Å². The van der Waals surface area contributed by atoms with Gasteiger partial charge >= 0.3 is 0 Å². The van der Waals surface area contributed by atoms with E-state index >= 15 is 0 Å². The summed E-state index contributed by atoms with van der Waals surface area (Å²) >= 11 is 3.46.